The molecule has 26 heavy (non-hydrogen) atoms. The normalized spacial score (nSPS) is 38.8. The Kier molecular flexibility index (Phi) is 5.37. The Balaban J connectivity index is 1.77. The first kappa shape index (κ1) is 19.6. The van der Waals surface area contributed by atoms with E-state index in [-0.39, 0.29) is 41.9 Å². The van der Waals surface area contributed by atoms with Crippen molar-refractivity contribution in [2.24, 2.45) is 23.7 Å². The Morgan fingerprint density at radius 1 is 1.23 bits per heavy atom. The van der Waals surface area contributed by atoms with Gasteiger partial charge in [0.15, 0.2) is 0 Å². The minimum absolute atomic E-state index is 0.0516. The lowest BCUT2D eigenvalue weighted by Crippen LogP contribution is -2.45. The summed E-state index contributed by atoms with van der Waals surface area (Å²) in [7, 11) is 0. The third kappa shape index (κ3) is 3.50. The first-order valence-electron chi connectivity index (χ1n) is 9.96. The van der Waals surface area contributed by atoms with Crippen LogP contribution in [0.4, 0.5) is 4.79 Å². The average molecular weight is 367 g/mol. The number of epoxide rings is 1. The van der Waals surface area contributed by atoms with Crippen molar-refractivity contribution < 1.29 is 23.8 Å². The number of likely N-dealkylation sites (tertiary alicyclic amines) is 1. The number of carbonyl (C=O) groups excluding carboxylic acids is 2. The quantitative estimate of drug-likeness (QED) is 0.551. The van der Waals surface area contributed by atoms with Crippen LogP contribution in [0.5, 0.6) is 0 Å². The lowest BCUT2D eigenvalue weighted by Gasteiger charge is -2.36. The van der Waals surface area contributed by atoms with E-state index in [2.05, 4.69) is 13.8 Å². The summed E-state index contributed by atoms with van der Waals surface area (Å²) in [6, 6.07) is -0.199. The molecule has 2 saturated heterocycles. The van der Waals surface area contributed by atoms with Gasteiger partial charge in [0.1, 0.15) is 5.60 Å². The van der Waals surface area contributed by atoms with E-state index in [1.54, 1.807) is 0 Å². The smallest absolute Gasteiger partial charge is 0.417 e. The molecule has 0 aromatic rings. The molecule has 6 nitrogen and oxygen atoms in total. The Morgan fingerprint density at radius 3 is 2.54 bits per heavy atom. The molecule has 1 saturated carbocycles. The molecule has 2 aliphatic heterocycles. The predicted molar refractivity (Wildman–Crippen MR) is 96.6 cm³/mol. The van der Waals surface area contributed by atoms with Gasteiger partial charge in [-0.15, -0.1) is 0 Å². The van der Waals surface area contributed by atoms with Crippen LogP contribution in [0.3, 0.4) is 0 Å². The molecule has 0 aromatic carbocycles. The summed E-state index contributed by atoms with van der Waals surface area (Å²) in [5, 5.41) is 0. The highest BCUT2D eigenvalue weighted by Gasteiger charge is 2.67. The number of fused-ring (bicyclic) bond motifs is 3. The zero-order chi connectivity index (χ0) is 19.2. The van der Waals surface area contributed by atoms with Crippen molar-refractivity contribution in [2.45, 2.75) is 78.2 Å². The maximum Gasteiger partial charge on any atom is 0.417 e. The Morgan fingerprint density at radius 2 is 1.92 bits per heavy atom. The van der Waals surface area contributed by atoms with Gasteiger partial charge < -0.3 is 14.2 Å². The molecule has 0 spiro atoms. The molecule has 0 N–H and O–H groups in total. The number of hydrogen-bond donors (Lipinski definition) is 0. The van der Waals surface area contributed by atoms with E-state index in [9.17, 15) is 9.59 Å². The number of imide groups is 1. The molecule has 0 unspecified atom stereocenters. The summed E-state index contributed by atoms with van der Waals surface area (Å²) in [4.78, 5) is 27.0. The second-order valence-corrected chi connectivity index (χ2v) is 9.05. The van der Waals surface area contributed by atoms with E-state index in [4.69, 9.17) is 14.2 Å². The second kappa shape index (κ2) is 7.12. The van der Waals surface area contributed by atoms with Gasteiger partial charge in [-0.25, -0.2) is 9.69 Å². The summed E-state index contributed by atoms with van der Waals surface area (Å²) < 4.78 is 17.3. The molecule has 2 amide bonds. The molecule has 3 fully saturated rings. The van der Waals surface area contributed by atoms with Gasteiger partial charge in [-0.05, 0) is 51.9 Å². The number of ether oxygens (including phenoxy) is 3. The fraction of sp³-hybridized carbons (Fsp3) is 0.900. The van der Waals surface area contributed by atoms with Crippen LogP contribution < -0.4 is 0 Å². The number of nitrogens with zero attached hydrogens (tertiary/aromatic N) is 1. The van der Waals surface area contributed by atoms with Gasteiger partial charge in [0, 0.05) is 12.6 Å². The molecular formula is C20H33NO5. The lowest BCUT2D eigenvalue weighted by atomic mass is 9.66. The van der Waals surface area contributed by atoms with Crippen LogP contribution in [0.1, 0.15) is 54.4 Å². The number of rotatable bonds is 5. The van der Waals surface area contributed by atoms with Crippen molar-refractivity contribution in [3.8, 4) is 0 Å². The van der Waals surface area contributed by atoms with E-state index in [0.717, 1.165) is 19.4 Å². The molecule has 7 atom stereocenters. The zero-order valence-corrected chi connectivity index (χ0v) is 16.9. The molecule has 0 radical (unpaired) electrons. The molecule has 2 heterocycles. The second-order valence-electron chi connectivity index (χ2n) is 9.05. The summed E-state index contributed by atoms with van der Waals surface area (Å²) in [5.74, 6) is 0.215. The fourth-order valence-electron chi connectivity index (χ4n) is 4.72. The van der Waals surface area contributed by atoms with Gasteiger partial charge in [0.2, 0.25) is 5.91 Å². The summed E-state index contributed by atoms with van der Waals surface area (Å²) in [6.45, 7) is 13.1. The van der Waals surface area contributed by atoms with E-state index < -0.39 is 11.7 Å². The van der Waals surface area contributed by atoms with E-state index in [1.807, 2.05) is 27.7 Å². The van der Waals surface area contributed by atoms with E-state index in [1.165, 1.54) is 4.90 Å². The maximum atomic E-state index is 13.0. The van der Waals surface area contributed by atoms with E-state index in [0.29, 0.717) is 12.5 Å². The fourth-order valence-corrected chi connectivity index (χ4v) is 4.72. The van der Waals surface area contributed by atoms with Crippen molar-refractivity contribution >= 4 is 12.0 Å². The van der Waals surface area contributed by atoms with Crippen LogP contribution in [0.2, 0.25) is 0 Å². The van der Waals surface area contributed by atoms with Crippen molar-refractivity contribution in [3.63, 3.8) is 0 Å². The highest BCUT2D eigenvalue weighted by Crippen LogP contribution is 2.55. The van der Waals surface area contributed by atoms with Crippen molar-refractivity contribution in [3.05, 3.63) is 0 Å². The number of unbranched alkanes of at least 4 members (excludes halogenated alkanes) is 1. The van der Waals surface area contributed by atoms with Crippen LogP contribution in [0, 0.1) is 23.7 Å². The zero-order valence-electron chi connectivity index (χ0n) is 16.9. The number of carbonyl (C=O) groups is 2. The monoisotopic (exact) mass is 367 g/mol. The third-order valence-corrected chi connectivity index (χ3v) is 6.05. The summed E-state index contributed by atoms with van der Waals surface area (Å²) >= 11 is 0. The van der Waals surface area contributed by atoms with Crippen LogP contribution in [-0.4, -0.2) is 54.0 Å². The van der Waals surface area contributed by atoms with Crippen molar-refractivity contribution in [1.82, 2.24) is 4.90 Å². The molecule has 0 bridgehead atoms. The lowest BCUT2D eigenvalue weighted by molar-refractivity contribution is -0.132. The van der Waals surface area contributed by atoms with Crippen LogP contribution in [0.15, 0.2) is 0 Å². The highest BCUT2D eigenvalue weighted by atomic mass is 16.6. The van der Waals surface area contributed by atoms with E-state index >= 15 is 0 Å². The average Bonchev–Trinajstić information content (AvgIpc) is 3.27. The summed E-state index contributed by atoms with van der Waals surface area (Å²) in [5.41, 5.74) is -0.626. The Hall–Kier alpha value is -1.14. The van der Waals surface area contributed by atoms with Crippen LogP contribution in [-0.2, 0) is 19.0 Å². The molecule has 1 aliphatic carbocycles. The standard InChI is InChI=1S/C20H33NO5/c1-7-8-9-24-10-13-11(2)16-17(25-16)15-14(13)12(3)21(18(15)22)19(23)26-20(4,5)6/h11-17H,7-10H2,1-6H3/t11-,12+,13-,14-,15-,16-,17+/m0/s1. The molecular weight excluding hydrogens is 334 g/mol. The Bertz CT molecular complexity index is 557. The first-order valence-corrected chi connectivity index (χ1v) is 9.96. The minimum atomic E-state index is -0.626. The predicted octanol–water partition coefficient (Wildman–Crippen LogP) is 3.23. The topological polar surface area (TPSA) is 68.4 Å². The van der Waals surface area contributed by atoms with Crippen LogP contribution >= 0.6 is 0 Å². The highest BCUT2D eigenvalue weighted by molar-refractivity contribution is 5.96. The van der Waals surface area contributed by atoms with Gasteiger partial charge in [-0.2, -0.15) is 0 Å². The van der Waals surface area contributed by atoms with Crippen molar-refractivity contribution in [1.29, 1.82) is 0 Å². The third-order valence-electron chi connectivity index (χ3n) is 6.05. The van der Waals surface area contributed by atoms with Gasteiger partial charge in [-0.3, -0.25) is 4.79 Å². The van der Waals surface area contributed by atoms with Gasteiger partial charge in [-0.1, -0.05) is 20.3 Å². The largest absolute Gasteiger partial charge is 0.443 e. The molecule has 3 aliphatic rings. The van der Waals surface area contributed by atoms with Crippen LogP contribution in [0.25, 0.3) is 0 Å². The Labute approximate surface area is 156 Å². The molecule has 3 rings (SSSR count). The molecule has 6 heteroatoms. The number of amides is 2. The first-order chi connectivity index (χ1) is 12.2. The summed E-state index contributed by atoms with van der Waals surface area (Å²) in [6.07, 6.45) is 1.66. The maximum absolute atomic E-state index is 13.0. The van der Waals surface area contributed by atoms with Gasteiger partial charge in [0.25, 0.3) is 0 Å². The van der Waals surface area contributed by atoms with Crippen molar-refractivity contribution in [2.75, 3.05) is 13.2 Å². The molecule has 0 aromatic heterocycles. The molecule has 148 valence electrons. The van der Waals surface area contributed by atoms with Gasteiger partial charge >= 0.3 is 6.09 Å². The minimum Gasteiger partial charge on any atom is -0.443 e. The number of hydrogen-bond acceptors (Lipinski definition) is 5. The SMILES string of the molecule is CCCCOC[C@H]1[C@H](C)[C@@H]2O[C@@H]2[C@H]2C(=O)N(C(=O)OC(C)(C)C)[C@H](C)[C@@H]12. The van der Waals surface area contributed by atoms with Gasteiger partial charge in [0.05, 0.1) is 24.7 Å².